The summed E-state index contributed by atoms with van der Waals surface area (Å²) in [5.41, 5.74) is 0.617. The first-order chi connectivity index (χ1) is 12.1. The second-order valence-corrected chi connectivity index (χ2v) is 6.51. The maximum Gasteiger partial charge on any atom is 0.303 e. The molecule has 136 valence electrons. The minimum absolute atomic E-state index is 0.0917. The molecule has 0 bridgehead atoms. The van der Waals surface area contributed by atoms with Crippen molar-refractivity contribution in [3.63, 3.8) is 0 Å². The Hall–Kier alpha value is -2.37. The van der Waals surface area contributed by atoms with Gasteiger partial charge in [-0.25, -0.2) is 0 Å². The fourth-order valence-electron chi connectivity index (χ4n) is 3.15. The minimum atomic E-state index is -0.780. The van der Waals surface area contributed by atoms with Gasteiger partial charge in [0.1, 0.15) is 0 Å². The SMILES string of the molecule is O=C(O)CCC1CCCN(C(=O)CCCNC(=O)c2ccccc2)C1. The molecule has 0 aromatic heterocycles. The van der Waals surface area contributed by atoms with Crippen LogP contribution >= 0.6 is 0 Å². The predicted molar refractivity (Wildman–Crippen MR) is 94.2 cm³/mol. The number of nitrogens with zero attached hydrogens (tertiary/aromatic N) is 1. The van der Waals surface area contributed by atoms with Crippen molar-refractivity contribution in [2.45, 2.75) is 38.5 Å². The lowest BCUT2D eigenvalue weighted by Crippen LogP contribution is -2.40. The van der Waals surface area contributed by atoms with E-state index in [1.54, 1.807) is 12.1 Å². The minimum Gasteiger partial charge on any atom is -0.481 e. The van der Waals surface area contributed by atoms with Gasteiger partial charge in [0, 0.05) is 38.0 Å². The zero-order chi connectivity index (χ0) is 18.1. The highest BCUT2D eigenvalue weighted by Crippen LogP contribution is 2.21. The lowest BCUT2D eigenvalue weighted by molar-refractivity contribution is -0.137. The third-order valence-corrected chi connectivity index (χ3v) is 4.53. The quantitative estimate of drug-likeness (QED) is 0.707. The van der Waals surface area contributed by atoms with Crippen molar-refractivity contribution in [3.05, 3.63) is 35.9 Å². The predicted octanol–water partition coefficient (Wildman–Crippen LogP) is 2.30. The maximum absolute atomic E-state index is 12.3. The highest BCUT2D eigenvalue weighted by molar-refractivity contribution is 5.94. The fraction of sp³-hybridized carbons (Fsp3) is 0.526. The largest absolute Gasteiger partial charge is 0.481 e. The van der Waals surface area contributed by atoms with Crippen LogP contribution in [0.4, 0.5) is 0 Å². The average Bonchev–Trinajstić information content (AvgIpc) is 2.64. The van der Waals surface area contributed by atoms with Gasteiger partial charge in [0.2, 0.25) is 5.91 Å². The van der Waals surface area contributed by atoms with Crippen molar-refractivity contribution in [1.82, 2.24) is 10.2 Å². The Morgan fingerprint density at radius 1 is 1.16 bits per heavy atom. The molecule has 2 N–H and O–H groups in total. The van der Waals surface area contributed by atoms with Gasteiger partial charge < -0.3 is 15.3 Å². The van der Waals surface area contributed by atoms with Crippen LogP contribution in [-0.2, 0) is 9.59 Å². The molecule has 1 saturated heterocycles. The van der Waals surface area contributed by atoms with Gasteiger partial charge in [-0.3, -0.25) is 14.4 Å². The first-order valence-corrected chi connectivity index (χ1v) is 8.89. The Kier molecular flexibility index (Phi) is 7.44. The van der Waals surface area contributed by atoms with Crippen LogP contribution in [0.15, 0.2) is 30.3 Å². The number of hydrogen-bond acceptors (Lipinski definition) is 3. The van der Waals surface area contributed by atoms with Gasteiger partial charge in [-0.1, -0.05) is 18.2 Å². The second kappa shape index (κ2) is 9.81. The maximum atomic E-state index is 12.3. The van der Waals surface area contributed by atoms with Gasteiger partial charge in [-0.15, -0.1) is 0 Å². The normalized spacial score (nSPS) is 17.1. The highest BCUT2D eigenvalue weighted by atomic mass is 16.4. The zero-order valence-electron chi connectivity index (χ0n) is 14.4. The smallest absolute Gasteiger partial charge is 0.303 e. The molecular weight excluding hydrogens is 320 g/mol. The van der Waals surface area contributed by atoms with E-state index in [2.05, 4.69) is 5.32 Å². The van der Waals surface area contributed by atoms with Gasteiger partial charge in [-0.2, -0.15) is 0 Å². The molecule has 2 rings (SSSR count). The molecule has 1 fully saturated rings. The van der Waals surface area contributed by atoms with E-state index < -0.39 is 5.97 Å². The van der Waals surface area contributed by atoms with Gasteiger partial charge in [0.05, 0.1) is 0 Å². The van der Waals surface area contributed by atoms with Gasteiger partial charge in [-0.05, 0) is 43.7 Å². The average molecular weight is 346 g/mol. The number of likely N-dealkylation sites (tertiary alicyclic amines) is 1. The summed E-state index contributed by atoms with van der Waals surface area (Å²) in [7, 11) is 0. The van der Waals surface area contributed by atoms with Crippen LogP contribution in [0.1, 0.15) is 48.9 Å². The molecule has 0 spiro atoms. The first kappa shape index (κ1) is 19.0. The lowest BCUT2D eigenvalue weighted by Gasteiger charge is -2.32. The molecule has 6 nitrogen and oxygen atoms in total. The number of benzene rings is 1. The standard InChI is InChI=1S/C19H26N2O4/c22-17(21-13-5-6-15(14-21)10-11-18(23)24)9-4-12-20-19(25)16-7-2-1-3-8-16/h1-3,7-8,15H,4-6,9-14H2,(H,20,25)(H,23,24). The molecule has 2 amide bonds. The summed E-state index contributed by atoms with van der Waals surface area (Å²) < 4.78 is 0. The molecule has 0 radical (unpaired) electrons. The van der Waals surface area contributed by atoms with E-state index in [0.717, 1.165) is 19.4 Å². The van der Waals surface area contributed by atoms with Crippen molar-refractivity contribution >= 4 is 17.8 Å². The van der Waals surface area contributed by atoms with E-state index in [0.29, 0.717) is 37.9 Å². The van der Waals surface area contributed by atoms with E-state index in [1.807, 2.05) is 23.1 Å². The topological polar surface area (TPSA) is 86.7 Å². The van der Waals surface area contributed by atoms with Crippen molar-refractivity contribution in [1.29, 1.82) is 0 Å². The molecular formula is C19H26N2O4. The number of hydrogen-bond donors (Lipinski definition) is 2. The summed E-state index contributed by atoms with van der Waals surface area (Å²) in [5, 5.41) is 11.6. The van der Waals surface area contributed by atoms with E-state index >= 15 is 0 Å². The number of piperidine rings is 1. The van der Waals surface area contributed by atoms with Gasteiger partial charge >= 0.3 is 5.97 Å². The Balaban J connectivity index is 1.66. The summed E-state index contributed by atoms with van der Waals surface area (Å²) in [6, 6.07) is 9.00. The molecule has 0 aliphatic carbocycles. The molecule has 1 aliphatic heterocycles. The van der Waals surface area contributed by atoms with E-state index in [9.17, 15) is 14.4 Å². The molecule has 1 unspecified atom stereocenters. The molecule has 6 heteroatoms. The van der Waals surface area contributed by atoms with Crippen LogP contribution in [0.2, 0.25) is 0 Å². The Labute approximate surface area is 148 Å². The van der Waals surface area contributed by atoms with E-state index in [4.69, 9.17) is 5.11 Å². The van der Waals surface area contributed by atoms with Crippen LogP contribution in [0.5, 0.6) is 0 Å². The Morgan fingerprint density at radius 2 is 1.92 bits per heavy atom. The van der Waals surface area contributed by atoms with Gasteiger partial charge in [0.15, 0.2) is 0 Å². The summed E-state index contributed by atoms with van der Waals surface area (Å²) in [5.74, 6) is -0.530. The van der Waals surface area contributed by atoms with Gasteiger partial charge in [0.25, 0.3) is 5.91 Å². The molecule has 1 aromatic carbocycles. The summed E-state index contributed by atoms with van der Waals surface area (Å²) >= 11 is 0. The number of carboxylic acid groups (broad SMARTS) is 1. The number of amides is 2. The summed E-state index contributed by atoms with van der Waals surface area (Å²) in [6.45, 7) is 1.87. The highest BCUT2D eigenvalue weighted by Gasteiger charge is 2.23. The van der Waals surface area contributed by atoms with Crippen LogP contribution < -0.4 is 5.32 Å². The van der Waals surface area contributed by atoms with Crippen LogP contribution in [-0.4, -0.2) is 47.4 Å². The van der Waals surface area contributed by atoms with E-state index in [-0.39, 0.29) is 24.2 Å². The van der Waals surface area contributed by atoms with Crippen LogP contribution in [0, 0.1) is 5.92 Å². The number of aliphatic carboxylic acids is 1. The monoisotopic (exact) mass is 346 g/mol. The molecule has 1 aromatic rings. The molecule has 1 atom stereocenters. The molecule has 1 aliphatic rings. The van der Waals surface area contributed by atoms with Crippen LogP contribution in [0.25, 0.3) is 0 Å². The van der Waals surface area contributed by atoms with Crippen LogP contribution in [0.3, 0.4) is 0 Å². The van der Waals surface area contributed by atoms with Crippen molar-refractivity contribution in [3.8, 4) is 0 Å². The van der Waals surface area contributed by atoms with Crippen molar-refractivity contribution < 1.29 is 19.5 Å². The van der Waals surface area contributed by atoms with Crippen molar-refractivity contribution in [2.24, 2.45) is 5.92 Å². The summed E-state index contributed by atoms with van der Waals surface area (Å²) in [4.78, 5) is 36.7. The number of carbonyl (C=O) groups is 3. The van der Waals surface area contributed by atoms with E-state index in [1.165, 1.54) is 0 Å². The molecule has 25 heavy (non-hydrogen) atoms. The number of carbonyl (C=O) groups excluding carboxylic acids is 2. The third kappa shape index (κ3) is 6.57. The Bertz CT molecular complexity index is 588. The Morgan fingerprint density at radius 3 is 2.64 bits per heavy atom. The number of carboxylic acids is 1. The number of nitrogens with one attached hydrogen (secondary N) is 1. The zero-order valence-corrected chi connectivity index (χ0v) is 14.4. The lowest BCUT2D eigenvalue weighted by atomic mass is 9.93. The second-order valence-electron chi connectivity index (χ2n) is 6.51. The molecule has 0 saturated carbocycles. The van der Waals surface area contributed by atoms with Crippen molar-refractivity contribution in [2.75, 3.05) is 19.6 Å². The fourth-order valence-corrected chi connectivity index (χ4v) is 3.15. The molecule has 1 heterocycles. The number of rotatable bonds is 8. The summed E-state index contributed by atoms with van der Waals surface area (Å²) in [6.07, 6.45) is 3.73. The first-order valence-electron chi connectivity index (χ1n) is 8.89. The third-order valence-electron chi connectivity index (χ3n) is 4.53.